The second kappa shape index (κ2) is 7.55. The SMILES string of the molecule is COc1ccc(CCn2c([O-])cc3nn(-c4nc5ccccc5s4)c(=O)c-3c2C)cc1. The molecule has 8 heteroatoms. The number of pyridine rings is 1. The Morgan fingerprint density at radius 2 is 1.90 bits per heavy atom. The third-order valence-corrected chi connectivity index (χ3v) is 6.42. The minimum absolute atomic E-state index is 0.174. The van der Waals surface area contributed by atoms with Gasteiger partial charge in [0.05, 0.1) is 28.6 Å². The minimum atomic E-state index is -0.259. The van der Waals surface area contributed by atoms with Crippen LogP contribution >= 0.6 is 11.3 Å². The van der Waals surface area contributed by atoms with Crippen molar-refractivity contribution in [1.29, 1.82) is 0 Å². The highest BCUT2D eigenvalue weighted by molar-refractivity contribution is 7.20. The number of ether oxygens (including phenoxy) is 1. The van der Waals surface area contributed by atoms with Gasteiger partial charge in [-0.25, -0.2) is 4.98 Å². The first-order valence-corrected chi connectivity index (χ1v) is 10.7. The van der Waals surface area contributed by atoms with Crippen LogP contribution in [0.5, 0.6) is 11.6 Å². The Bertz CT molecular complexity index is 1380. The largest absolute Gasteiger partial charge is 0.860 e. The minimum Gasteiger partial charge on any atom is -0.860 e. The predicted molar refractivity (Wildman–Crippen MR) is 119 cm³/mol. The van der Waals surface area contributed by atoms with E-state index in [0.29, 0.717) is 35.0 Å². The summed E-state index contributed by atoms with van der Waals surface area (Å²) >= 11 is 1.40. The first kappa shape index (κ1) is 19.3. The third-order valence-electron chi connectivity index (χ3n) is 5.41. The van der Waals surface area contributed by atoms with Gasteiger partial charge in [0, 0.05) is 12.2 Å². The monoisotopic (exact) mass is 431 g/mol. The average molecular weight is 431 g/mol. The van der Waals surface area contributed by atoms with Crippen LogP contribution in [0.15, 0.2) is 59.4 Å². The van der Waals surface area contributed by atoms with Gasteiger partial charge in [-0.2, -0.15) is 9.78 Å². The molecule has 0 saturated carbocycles. The zero-order valence-corrected chi connectivity index (χ0v) is 17.8. The molecular weight excluding hydrogens is 412 g/mol. The summed E-state index contributed by atoms with van der Waals surface area (Å²) in [7, 11) is 1.63. The molecule has 2 aliphatic heterocycles. The molecule has 0 spiro atoms. The molecule has 0 atom stereocenters. The molecule has 31 heavy (non-hydrogen) atoms. The molecule has 0 N–H and O–H groups in total. The fraction of sp³-hybridized carbons (Fsp3) is 0.174. The Balaban J connectivity index is 1.53. The number of hydrogen-bond donors (Lipinski definition) is 0. The van der Waals surface area contributed by atoms with E-state index in [1.54, 1.807) is 18.6 Å². The smallest absolute Gasteiger partial charge is 0.284 e. The van der Waals surface area contributed by atoms with Crippen LogP contribution in [0.1, 0.15) is 11.3 Å². The highest BCUT2D eigenvalue weighted by Gasteiger charge is 2.22. The van der Waals surface area contributed by atoms with Crippen LogP contribution in [0.2, 0.25) is 0 Å². The van der Waals surface area contributed by atoms with Crippen molar-refractivity contribution in [3.8, 4) is 28.0 Å². The molecule has 0 bridgehead atoms. The van der Waals surface area contributed by atoms with Crippen molar-refractivity contribution in [2.75, 3.05) is 7.11 Å². The third kappa shape index (κ3) is 3.34. The lowest BCUT2D eigenvalue weighted by atomic mass is 10.1. The fourth-order valence-corrected chi connectivity index (χ4v) is 4.66. The van der Waals surface area contributed by atoms with Gasteiger partial charge in [0.2, 0.25) is 5.13 Å². The Hall–Kier alpha value is -3.65. The van der Waals surface area contributed by atoms with Crippen LogP contribution in [0.25, 0.3) is 26.6 Å². The first-order chi connectivity index (χ1) is 15.0. The number of aryl methyl sites for hydroxylation is 1. The Kier molecular flexibility index (Phi) is 4.71. The molecule has 1 aromatic heterocycles. The topological polar surface area (TPSA) is 85.0 Å². The van der Waals surface area contributed by atoms with Gasteiger partial charge in [0.25, 0.3) is 5.56 Å². The van der Waals surface area contributed by atoms with Crippen LogP contribution in [-0.4, -0.2) is 26.4 Å². The van der Waals surface area contributed by atoms with Gasteiger partial charge in [-0.15, -0.1) is 0 Å². The highest BCUT2D eigenvalue weighted by atomic mass is 32.1. The number of thiazole rings is 1. The van der Waals surface area contributed by atoms with E-state index in [4.69, 9.17) is 4.74 Å². The van der Waals surface area contributed by atoms with E-state index in [-0.39, 0.29) is 11.4 Å². The van der Waals surface area contributed by atoms with Crippen LogP contribution in [0, 0.1) is 6.92 Å². The predicted octanol–water partition coefficient (Wildman–Crippen LogP) is 3.38. The molecule has 5 rings (SSSR count). The van der Waals surface area contributed by atoms with E-state index >= 15 is 0 Å². The molecular formula is C23H19N4O3S-. The Labute approximate surface area is 182 Å². The molecule has 0 unspecified atom stereocenters. The Morgan fingerprint density at radius 1 is 1.13 bits per heavy atom. The van der Waals surface area contributed by atoms with Gasteiger partial charge in [0.1, 0.15) is 5.75 Å². The van der Waals surface area contributed by atoms with E-state index in [1.165, 1.54) is 22.1 Å². The number of nitrogens with zero attached hydrogens (tertiary/aromatic N) is 4. The van der Waals surface area contributed by atoms with Gasteiger partial charge in [0.15, 0.2) is 0 Å². The molecule has 0 radical (unpaired) electrons. The number of methoxy groups -OCH3 is 1. The molecule has 0 amide bonds. The van der Waals surface area contributed by atoms with Crippen LogP contribution in [0.3, 0.4) is 0 Å². The molecule has 2 aromatic carbocycles. The van der Waals surface area contributed by atoms with Crippen LogP contribution in [-0.2, 0) is 13.0 Å². The van der Waals surface area contributed by atoms with Crippen LogP contribution in [0.4, 0.5) is 0 Å². The van der Waals surface area contributed by atoms with Gasteiger partial charge in [-0.05, 0) is 55.1 Å². The summed E-state index contributed by atoms with van der Waals surface area (Å²) in [5.41, 5.74) is 3.11. The maximum Gasteiger partial charge on any atom is 0.284 e. The summed E-state index contributed by atoms with van der Waals surface area (Å²) < 4.78 is 9.10. The summed E-state index contributed by atoms with van der Waals surface area (Å²) in [5, 5.41) is 17.7. The lowest BCUT2D eigenvalue weighted by Gasteiger charge is -2.22. The maximum atomic E-state index is 13.2. The van der Waals surface area contributed by atoms with Crippen LogP contribution < -0.4 is 15.4 Å². The summed E-state index contributed by atoms with van der Waals surface area (Å²) in [6, 6.07) is 16.9. The zero-order chi connectivity index (χ0) is 21.5. The molecule has 3 aromatic rings. The van der Waals surface area contributed by atoms with E-state index in [2.05, 4.69) is 10.1 Å². The standard InChI is InChI=1S/C23H20N4O3S/c1-14-21-18(13-20(28)26(14)12-11-15-7-9-16(30-2)10-8-15)25-27(22(21)29)23-24-17-5-3-4-6-19(17)31-23/h3-10,13,28H,11-12H2,1-2H3/p-1. The summed E-state index contributed by atoms with van der Waals surface area (Å²) in [5.74, 6) is 0.615. The van der Waals surface area contributed by atoms with E-state index in [0.717, 1.165) is 21.5 Å². The molecule has 3 heterocycles. The van der Waals surface area contributed by atoms with Crippen molar-refractivity contribution in [2.24, 2.45) is 0 Å². The maximum absolute atomic E-state index is 13.2. The van der Waals surface area contributed by atoms with Crippen molar-refractivity contribution in [2.45, 2.75) is 19.9 Å². The normalized spacial score (nSPS) is 11.4. The molecule has 156 valence electrons. The number of hydrogen-bond acceptors (Lipinski definition) is 6. The lowest BCUT2D eigenvalue weighted by Crippen LogP contribution is -2.18. The van der Waals surface area contributed by atoms with E-state index in [9.17, 15) is 9.90 Å². The molecule has 0 saturated heterocycles. The molecule has 0 aliphatic carbocycles. The number of fused-ring (bicyclic) bond motifs is 2. The Morgan fingerprint density at radius 3 is 2.65 bits per heavy atom. The van der Waals surface area contributed by atoms with Gasteiger partial charge in [-0.3, -0.25) is 4.79 Å². The van der Waals surface area contributed by atoms with Crippen molar-refractivity contribution >= 4 is 21.6 Å². The highest BCUT2D eigenvalue weighted by Crippen LogP contribution is 2.29. The summed E-state index contributed by atoms with van der Waals surface area (Å²) in [6.07, 6.45) is 0.663. The summed E-state index contributed by atoms with van der Waals surface area (Å²) in [6.45, 7) is 2.27. The van der Waals surface area contributed by atoms with E-state index in [1.807, 2.05) is 48.5 Å². The van der Waals surface area contributed by atoms with Crippen molar-refractivity contribution < 1.29 is 9.84 Å². The van der Waals surface area contributed by atoms with Crippen molar-refractivity contribution in [3.05, 3.63) is 76.2 Å². The van der Waals surface area contributed by atoms with E-state index < -0.39 is 0 Å². The number of benzene rings is 2. The number of rotatable bonds is 5. The average Bonchev–Trinajstić information content (AvgIpc) is 3.34. The van der Waals surface area contributed by atoms with Crippen molar-refractivity contribution in [3.63, 3.8) is 0 Å². The van der Waals surface area contributed by atoms with Gasteiger partial charge in [-0.1, -0.05) is 35.6 Å². The molecule has 7 nitrogen and oxygen atoms in total. The van der Waals surface area contributed by atoms with Crippen molar-refractivity contribution in [1.82, 2.24) is 19.3 Å². The number of aromatic nitrogens is 4. The molecule has 0 fully saturated rings. The molecule has 2 aliphatic rings. The second-order valence-electron chi connectivity index (χ2n) is 7.26. The fourth-order valence-electron chi connectivity index (χ4n) is 3.75. The first-order valence-electron chi connectivity index (χ1n) is 9.84. The number of para-hydroxylation sites is 1. The zero-order valence-electron chi connectivity index (χ0n) is 17.0. The second-order valence-corrected chi connectivity index (χ2v) is 8.27. The lowest BCUT2D eigenvalue weighted by molar-refractivity contribution is -0.279. The van der Waals surface area contributed by atoms with Gasteiger partial charge >= 0.3 is 0 Å². The summed E-state index contributed by atoms with van der Waals surface area (Å²) in [4.78, 5) is 17.7. The van der Waals surface area contributed by atoms with Gasteiger partial charge < -0.3 is 14.4 Å². The quantitative estimate of drug-likeness (QED) is 0.426.